The number of nitrogens with zero attached hydrogens (tertiary/aromatic N) is 4. The molecule has 2 heterocycles. The number of carbonyl (C=O) groups is 1. The normalized spacial score (nSPS) is 10.9. The summed E-state index contributed by atoms with van der Waals surface area (Å²) in [4.78, 5) is 24.4. The van der Waals surface area contributed by atoms with Gasteiger partial charge in [0.2, 0.25) is 5.95 Å². The fraction of sp³-hybridized carbons (Fsp3) is 0.0952. The van der Waals surface area contributed by atoms with E-state index in [-0.39, 0.29) is 17.8 Å². The second kappa shape index (κ2) is 8.43. The SMILES string of the molecule is CC(C#N)c1cccc(C(=O)Nc2cncc(C#Cc3cnc(N)nc3)c2)c1. The lowest BCUT2D eigenvalue weighted by Gasteiger charge is -2.08. The van der Waals surface area contributed by atoms with Gasteiger partial charge in [-0.1, -0.05) is 24.0 Å². The maximum absolute atomic E-state index is 12.5. The van der Waals surface area contributed by atoms with Crippen molar-refractivity contribution in [1.29, 1.82) is 5.26 Å². The number of nitriles is 1. The van der Waals surface area contributed by atoms with Crippen LogP contribution in [-0.2, 0) is 0 Å². The Morgan fingerprint density at radius 1 is 1.11 bits per heavy atom. The summed E-state index contributed by atoms with van der Waals surface area (Å²) in [6.07, 6.45) is 6.19. The highest BCUT2D eigenvalue weighted by Crippen LogP contribution is 2.17. The predicted octanol–water partition coefficient (Wildman–Crippen LogP) is 2.73. The van der Waals surface area contributed by atoms with Crippen molar-refractivity contribution in [2.24, 2.45) is 0 Å². The number of anilines is 2. The molecule has 0 saturated heterocycles. The lowest BCUT2D eigenvalue weighted by molar-refractivity contribution is 0.102. The lowest BCUT2D eigenvalue weighted by Crippen LogP contribution is -2.12. The number of benzene rings is 1. The molecule has 0 spiro atoms. The predicted molar refractivity (Wildman–Crippen MR) is 105 cm³/mol. The Balaban J connectivity index is 1.75. The molecule has 1 amide bonds. The number of nitrogens with one attached hydrogen (secondary N) is 1. The van der Waals surface area contributed by atoms with Gasteiger partial charge in [-0.05, 0) is 30.7 Å². The summed E-state index contributed by atoms with van der Waals surface area (Å²) < 4.78 is 0. The highest BCUT2D eigenvalue weighted by molar-refractivity contribution is 6.04. The van der Waals surface area contributed by atoms with E-state index in [1.54, 1.807) is 37.4 Å². The van der Waals surface area contributed by atoms with Gasteiger partial charge in [-0.25, -0.2) is 9.97 Å². The van der Waals surface area contributed by atoms with Crippen molar-refractivity contribution in [2.45, 2.75) is 12.8 Å². The molecule has 7 heteroatoms. The minimum absolute atomic E-state index is 0.185. The third-order valence-corrected chi connectivity index (χ3v) is 3.86. The maximum Gasteiger partial charge on any atom is 0.255 e. The van der Waals surface area contributed by atoms with Crippen LogP contribution in [0.4, 0.5) is 11.6 Å². The van der Waals surface area contributed by atoms with Crippen molar-refractivity contribution < 1.29 is 4.79 Å². The van der Waals surface area contributed by atoms with Crippen LogP contribution in [0.3, 0.4) is 0 Å². The van der Waals surface area contributed by atoms with E-state index in [0.717, 1.165) is 5.56 Å². The minimum Gasteiger partial charge on any atom is -0.368 e. The van der Waals surface area contributed by atoms with Crippen molar-refractivity contribution in [3.63, 3.8) is 0 Å². The van der Waals surface area contributed by atoms with Crippen LogP contribution >= 0.6 is 0 Å². The number of carbonyl (C=O) groups excluding carboxylic acids is 1. The number of nitrogen functional groups attached to an aromatic ring is 1. The largest absolute Gasteiger partial charge is 0.368 e. The molecule has 3 rings (SSSR count). The van der Waals surface area contributed by atoms with Gasteiger partial charge in [-0.3, -0.25) is 9.78 Å². The molecular formula is C21H16N6O. The summed E-state index contributed by atoms with van der Waals surface area (Å²) >= 11 is 0. The van der Waals surface area contributed by atoms with E-state index in [1.807, 2.05) is 6.07 Å². The van der Waals surface area contributed by atoms with Crippen molar-refractivity contribution >= 4 is 17.5 Å². The van der Waals surface area contributed by atoms with Crippen LogP contribution < -0.4 is 11.1 Å². The Bertz CT molecular complexity index is 1110. The second-order valence-corrected chi connectivity index (χ2v) is 5.97. The van der Waals surface area contributed by atoms with Gasteiger partial charge in [0.1, 0.15) is 0 Å². The van der Waals surface area contributed by atoms with Gasteiger partial charge in [-0.2, -0.15) is 5.26 Å². The van der Waals surface area contributed by atoms with Crippen molar-refractivity contribution in [2.75, 3.05) is 11.1 Å². The van der Waals surface area contributed by atoms with Crippen LogP contribution in [0.5, 0.6) is 0 Å². The summed E-state index contributed by atoms with van der Waals surface area (Å²) in [6, 6.07) is 10.9. The van der Waals surface area contributed by atoms with E-state index < -0.39 is 0 Å². The number of nitrogens with two attached hydrogens (primary N) is 1. The number of pyridine rings is 1. The van der Waals surface area contributed by atoms with Gasteiger partial charge in [0.25, 0.3) is 5.91 Å². The number of amides is 1. The van der Waals surface area contributed by atoms with E-state index >= 15 is 0 Å². The van der Waals surface area contributed by atoms with E-state index in [9.17, 15) is 4.79 Å². The average molecular weight is 368 g/mol. The van der Waals surface area contributed by atoms with E-state index in [2.05, 4.69) is 38.2 Å². The van der Waals surface area contributed by atoms with Crippen molar-refractivity contribution in [3.05, 3.63) is 77.4 Å². The molecule has 3 aromatic rings. The molecule has 0 radical (unpaired) electrons. The van der Waals surface area contributed by atoms with Gasteiger partial charge >= 0.3 is 0 Å². The number of hydrogen-bond donors (Lipinski definition) is 2. The first kappa shape index (κ1) is 18.6. The van der Waals surface area contributed by atoms with Crippen LogP contribution in [0.15, 0.2) is 55.1 Å². The summed E-state index contributed by atoms with van der Waals surface area (Å²) in [7, 11) is 0. The summed E-state index contributed by atoms with van der Waals surface area (Å²) in [5.74, 6) is 5.47. The van der Waals surface area contributed by atoms with Crippen LogP contribution in [0.2, 0.25) is 0 Å². The van der Waals surface area contributed by atoms with Gasteiger partial charge in [0.05, 0.1) is 29.4 Å². The van der Waals surface area contributed by atoms with Crippen LogP contribution in [0, 0.1) is 23.2 Å². The van der Waals surface area contributed by atoms with E-state index in [1.165, 1.54) is 18.6 Å². The van der Waals surface area contributed by atoms with Gasteiger partial charge in [-0.15, -0.1) is 0 Å². The molecule has 3 N–H and O–H groups in total. The molecule has 0 aliphatic rings. The minimum atomic E-state index is -0.287. The van der Waals surface area contributed by atoms with Crippen molar-refractivity contribution in [3.8, 4) is 17.9 Å². The van der Waals surface area contributed by atoms with Crippen LogP contribution in [-0.4, -0.2) is 20.9 Å². The second-order valence-electron chi connectivity index (χ2n) is 5.97. The maximum atomic E-state index is 12.5. The Morgan fingerprint density at radius 2 is 1.86 bits per heavy atom. The summed E-state index contributed by atoms with van der Waals surface area (Å²) in [5, 5.41) is 11.8. The zero-order valence-corrected chi connectivity index (χ0v) is 15.0. The van der Waals surface area contributed by atoms with Gasteiger partial charge in [0.15, 0.2) is 0 Å². The van der Waals surface area contributed by atoms with E-state index in [0.29, 0.717) is 22.4 Å². The molecular weight excluding hydrogens is 352 g/mol. The first-order valence-corrected chi connectivity index (χ1v) is 8.40. The molecule has 0 aliphatic heterocycles. The zero-order chi connectivity index (χ0) is 19.9. The third kappa shape index (κ3) is 4.69. The molecule has 1 atom stereocenters. The topological polar surface area (TPSA) is 118 Å². The number of rotatable bonds is 3. The third-order valence-electron chi connectivity index (χ3n) is 3.86. The number of aromatic nitrogens is 3. The van der Waals surface area contributed by atoms with Crippen LogP contribution in [0.1, 0.15) is 39.9 Å². The van der Waals surface area contributed by atoms with Gasteiger partial charge < -0.3 is 11.1 Å². The molecule has 7 nitrogen and oxygen atoms in total. The Labute approximate surface area is 162 Å². The Kier molecular flexibility index (Phi) is 5.59. The highest BCUT2D eigenvalue weighted by atomic mass is 16.1. The fourth-order valence-electron chi connectivity index (χ4n) is 2.35. The number of hydrogen-bond acceptors (Lipinski definition) is 6. The van der Waals surface area contributed by atoms with Gasteiger partial charge in [0, 0.05) is 29.7 Å². The molecule has 0 fully saturated rings. The molecule has 0 aliphatic carbocycles. The van der Waals surface area contributed by atoms with Crippen molar-refractivity contribution in [1.82, 2.24) is 15.0 Å². The fourth-order valence-corrected chi connectivity index (χ4v) is 2.35. The Morgan fingerprint density at radius 3 is 2.61 bits per heavy atom. The van der Waals surface area contributed by atoms with E-state index in [4.69, 9.17) is 11.0 Å². The first-order chi connectivity index (χ1) is 13.5. The monoisotopic (exact) mass is 368 g/mol. The molecule has 1 unspecified atom stereocenters. The highest BCUT2D eigenvalue weighted by Gasteiger charge is 2.10. The summed E-state index contributed by atoms with van der Waals surface area (Å²) in [6.45, 7) is 1.79. The average Bonchev–Trinajstić information content (AvgIpc) is 2.73. The Hall–Kier alpha value is -4.23. The summed E-state index contributed by atoms with van der Waals surface area (Å²) in [5.41, 5.74) is 8.47. The molecule has 136 valence electrons. The lowest BCUT2D eigenvalue weighted by atomic mass is 10.0. The zero-order valence-electron chi connectivity index (χ0n) is 15.0. The molecule has 1 aromatic carbocycles. The molecule has 0 bridgehead atoms. The molecule has 0 saturated carbocycles. The smallest absolute Gasteiger partial charge is 0.255 e. The molecule has 28 heavy (non-hydrogen) atoms. The van der Waals surface area contributed by atoms with Crippen LogP contribution in [0.25, 0.3) is 0 Å². The quantitative estimate of drug-likeness (QED) is 0.686. The molecule has 2 aromatic heterocycles. The first-order valence-electron chi connectivity index (χ1n) is 8.40. The standard InChI is InChI=1S/C21H16N6O/c1-14(9-22)17-3-2-4-18(8-17)20(28)27-19-7-15(10-24-13-19)5-6-16-11-25-21(23)26-12-16/h2-4,7-8,10-14H,1H3,(H,27,28)(H2,23,25,26).